The monoisotopic (exact) mass is 343 g/mol. The lowest BCUT2D eigenvalue weighted by Crippen LogP contribution is -2.33. The maximum absolute atomic E-state index is 8.61. The molecule has 1 aromatic carbocycles. The Kier molecular flexibility index (Phi) is 6.81. The largest absolute Gasteiger partial charge is 0.496 e. The number of oxime groups is 1. The van der Waals surface area contributed by atoms with Crippen molar-refractivity contribution in [2.75, 3.05) is 13.7 Å². The number of hydrogen-bond acceptors (Lipinski definition) is 4. The molecule has 0 saturated heterocycles. The molecular formula is C14H22BrN3O2. The molecule has 0 unspecified atom stereocenters. The van der Waals surface area contributed by atoms with E-state index in [0.717, 1.165) is 28.9 Å². The molecular weight excluding hydrogens is 322 g/mol. The quantitative estimate of drug-likeness (QED) is 0.345. The summed E-state index contributed by atoms with van der Waals surface area (Å²) >= 11 is 3.48. The summed E-state index contributed by atoms with van der Waals surface area (Å²) in [6, 6.07) is 6.31. The first kappa shape index (κ1) is 16.8. The van der Waals surface area contributed by atoms with Crippen molar-refractivity contribution in [2.45, 2.75) is 32.9 Å². The van der Waals surface area contributed by atoms with Gasteiger partial charge in [-0.25, -0.2) is 0 Å². The van der Waals surface area contributed by atoms with Gasteiger partial charge in [-0.15, -0.1) is 0 Å². The van der Waals surface area contributed by atoms with Crippen LogP contribution in [-0.2, 0) is 6.54 Å². The van der Waals surface area contributed by atoms with Crippen molar-refractivity contribution in [1.29, 1.82) is 0 Å². The zero-order valence-corrected chi connectivity index (χ0v) is 13.7. The van der Waals surface area contributed by atoms with Crippen molar-refractivity contribution in [1.82, 2.24) is 4.90 Å². The zero-order valence-electron chi connectivity index (χ0n) is 12.1. The van der Waals surface area contributed by atoms with Crippen LogP contribution in [0.25, 0.3) is 0 Å². The van der Waals surface area contributed by atoms with E-state index in [1.165, 1.54) is 0 Å². The Morgan fingerprint density at radius 3 is 2.75 bits per heavy atom. The van der Waals surface area contributed by atoms with Gasteiger partial charge in [0.2, 0.25) is 0 Å². The molecule has 1 aromatic rings. The van der Waals surface area contributed by atoms with Crippen LogP contribution in [0.15, 0.2) is 27.8 Å². The Morgan fingerprint density at radius 2 is 2.20 bits per heavy atom. The van der Waals surface area contributed by atoms with Crippen LogP contribution in [0.3, 0.4) is 0 Å². The Balaban J connectivity index is 2.82. The van der Waals surface area contributed by atoms with Gasteiger partial charge in [0.05, 0.1) is 7.11 Å². The third kappa shape index (κ3) is 5.02. The van der Waals surface area contributed by atoms with Crippen LogP contribution >= 0.6 is 15.9 Å². The van der Waals surface area contributed by atoms with Gasteiger partial charge in [-0.2, -0.15) is 0 Å². The number of hydrogen-bond donors (Lipinski definition) is 2. The van der Waals surface area contributed by atoms with E-state index < -0.39 is 0 Å². The topological polar surface area (TPSA) is 71.1 Å². The standard InChI is InChI=1S/C14H22BrN3O2/c1-10(2)18(7-6-14(16)17-19)9-11-8-12(15)4-5-13(11)20-3/h4-5,8,10,19H,6-7,9H2,1-3H3,(H2,16,17). The van der Waals surface area contributed by atoms with E-state index >= 15 is 0 Å². The average molecular weight is 344 g/mol. The lowest BCUT2D eigenvalue weighted by atomic mass is 10.1. The summed E-state index contributed by atoms with van der Waals surface area (Å²) in [5, 5.41) is 11.6. The molecule has 0 aliphatic heterocycles. The minimum Gasteiger partial charge on any atom is -0.496 e. The van der Waals surface area contributed by atoms with E-state index in [0.29, 0.717) is 12.5 Å². The number of nitrogens with zero attached hydrogens (tertiary/aromatic N) is 2. The van der Waals surface area contributed by atoms with Crippen molar-refractivity contribution < 1.29 is 9.94 Å². The molecule has 0 radical (unpaired) electrons. The second-order valence-corrected chi connectivity index (χ2v) is 5.78. The minimum atomic E-state index is 0.247. The molecule has 0 bridgehead atoms. The maximum atomic E-state index is 8.61. The highest BCUT2D eigenvalue weighted by Crippen LogP contribution is 2.25. The van der Waals surface area contributed by atoms with Crippen LogP contribution in [0.4, 0.5) is 0 Å². The summed E-state index contributed by atoms with van der Waals surface area (Å²) in [5.41, 5.74) is 6.64. The number of nitrogens with two attached hydrogens (primary N) is 1. The number of amidine groups is 1. The molecule has 0 amide bonds. The van der Waals surface area contributed by atoms with Gasteiger partial charge in [0.25, 0.3) is 0 Å². The fourth-order valence-corrected chi connectivity index (χ4v) is 2.33. The maximum Gasteiger partial charge on any atom is 0.140 e. The van der Waals surface area contributed by atoms with Crippen LogP contribution in [0.1, 0.15) is 25.8 Å². The molecule has 0 atom stereocenters. The summed E-state index contributed by atoms with van der Waals surface area (Å²) in [5.74, 6) is 1.11. The second kappa shape index (κ2) is 8.11. The first-order chi connectivity index (χ1) is 9.47. The number of halogens is 1. The fraction of sp³-hybridized carbons (Fsp3) is 0.500. The van der Waals surface area contributed by atoms with Gasteiger partial charge in [-0.3, -0.25) is 4.90 Å². The van der Waals surface area contributed by atoms with Crippen molar-refractivity contribution in [3.8, 4) is 5.75 Å². The van der Waals surface area contributed by atoms with E-state index in [4.69, 9.17) is 15.7 Å². The average Bonchev–Trinajstić information content (AvgIpc) is 2.42. The molecule has 0 spiro atoms. The number of benzene rings is 1. The SMILES string of the molecule is COc1ccc(Br)cc1CN(CCC(N)=NO)C(C)C. The molecule has 1 rings (SSSR count). The molecule has 0 aliphatic carbocycles. The Bertz CT molecular complexity index is 464. The molecule has 6 heteroatoms. The molecule has 5 nitrogen and oxygen atoms in total. The zero-order chi connectivity index (χ0) is 15.1. The molecule has 0 aromatic heterocycles. The fourth-order valence-electron chi connectivity index (χ4n) is 1.92. The van der Waals surface area contributed by atoms with Gasteiger partial charge in [-0.1, -0.05) is 21.1 Å². The van der Waals surface area contributed by atoms with Crippen LogP contribution in [0, 0.1) is 0 Å². The van der Waals surface area contributed by atoms with Crippen LogP contribution in [0.5, 0.6) is 5.75 Å². The van der Waals surface area contributed by atoms with Gasteiger partial charge in [0.15, 0.2) is 0 Å². The summed E-state index contributed by atoms with van der Waals surface area (Å²) in [6.45, 7) is 5.72. The van der Waals surface area contributed by atoms with Crippen LogP contribution in [0.2, 0.25) is 0 Å². The predicted molar refractivity (Wildman–Crippen MR) is 84.3 cm³/mol. The lowest BCUT2D eigenvalue weighted by molar-refractivity contribution is 0.215. The van der Waals surface area contributed by atoms with E-state index in [-0.39, 0.29) is 5.84 Å². The smallest absolute Gasteiger partial charge is 0.140 e. The van der Waals surface area contributed by atoms with E-state index in [1.54, 1.807) is 7.11 Å². The van der Waals surface area contributed by atoms with Gasteiger partial charge in [0.1, 0.15) is 11.6 Å². The first-order valence-electron chi connectivity index (χ1n) is 6.50. The van der Waals surface area contributed by atoms with Gasteiger partial charge < -0.3 is 15.7 Å². The van der Waals surface area contributed by atoms with E-state index in [9.17, 15) is 0 Å². The minimum absolute atomic E-state index is 0.247. The summed E-state index contributed by atoms with van der Waals surface area (Å²) < 4.78 is 6.41. The number of rotatable bonds is 7. The summed E-state index contributed by atoms with van der Waals surface area (Å²) in [4.78, 5) is 2.25. The predicted octanol–water partition coefficient (Wildman–Crippen LogP) is 2.80. The van der Waals surface area contributed by atoms with Gasteiger partial charge >= 0.3 is 0 Å². The van der Waals surface area contributed by atoms with Gasteiger partial charge in [0, 0.05) is 35.6 Å². The second-order valence-electron chi connectivity index (χ2n) is 4.86. The molecule has 0 aliphatic rings. The van der Waals surface area contributed by atoms with E-state index in [1.807, 2.05) is 12.1 Å². The molecule has 112 valence electrons. The molecule has 0 saturated carbocycles. The molecule has 20 heavy (non-hydrogen) atoms. The number of methoxy groups -OCH3 is 1. The van der Waals surface area contributed by atoms with Crippen molar-refractivity contribution >= 4 is 21.8 Å². The third-order valence-corrected chi connectivity index (χ3v) is 3.62. The summed E-state index contributed by atoms with van der Waals surface area (Å²) in [6.07, 6.45) is 0.533. The Hall–Kier alpha value is -1.27. The first-order valence-corrected chi connectivity index (χ1v) is 7.30. The third-order valence-electron chi connectivity index (χ3n) is 3.13. The Morgan fingerprint density at radius 1 is 1.50 bits per heavy atom. The Labute approximate surface area is 128 Å². The highest BCUT2D eigenvalue weighted by Gasteiger charge is 2.14. The van der Waals surface area contributed by atoms with Crippen LogP contribution in [-0.4, -0.2) is 35.6 Å². The normalized spacial score (nSPS) is 12.2. The van der Waals surface area contributed by atoms with Gasteiger partial charge in [-0.05, 0) is 32.0 Å². The number of ether oxygens (including phenoxy) is 1. The summed E-state index contributed by atoms with van der Waals surface area (Å²) in [7, 11) is 1.67. The van der Waals surface area contributed by atoms with Crippen molar-refractivity contribution in [2.24, 2.45) is 10.9 Å². The lowest BCUT2D eigenvalue weighted by Gasteiger charge is -2.27. The highest BCUT2D eigenvalue weighted by molar-refractivity contribution is 9.10. The van der Waals surface area contributed by atoms with E-state index in [2.05, 4.69) is 45.9 Å². The van der Waals surface area contributed by atoms with Crippen molar-refractivity contribution in [3.05, 3.63) is 28.2 Å². The van der Waals surface area contributed by atoms with Crippen LogP contribution < -0.4 is 10.5 Å². The molecule has 0 heterocycles. The molecule has 0 fully saturated rings. The highest BCUT2D eigenvalue weighted by atomic mass is 79.9. The molecule has 3 N–H and O–H groups in total. The van der Waals surface area contributed by atoms with Crippen molar-refractivity contribution in [3.63, 3.8) is 0 Å².